The number of nitrogens with one attached hydrogen (secondary N) is 2. The van der Waals surface area contributed by atoms with E-state index in [1.54, 1.807) is 6.07 Å². The summed E-state index contributed by atoms with van der Waals surface area (Å²) in [5.74, 6) is -0.327. The van der Waals surface area contributed by atoms with Crippen LogP contribution < -0.4 is 10.2 Å². The average Bonchev–Trinajstić information content (AvgIpc) is 3.01. The van der Waals surface area contributed by atoms with E-state index >= 15 is 0 Å². The van der Waals surface area contributed by atoms with Crippen molar-refractivity contribution >= 4 is 27.5 Å². The van der Waals surface area contributed by atoms with Crippen molar-refractivity contribution in [1.82, 2.24) is 20.2 Å². The molecule has 3 aromatic rings. The lowest BCUT2D eigenvalue weighted by molar-refractivity contribution is 0.0948. The number of aryl methyl sites for hydroxylation is 2. The summed E-state index contributed by atoms with van der Waals surface area (Å²) in [6, 6.07) is 9.68. The maximum absolute atomic E-state index is 11.9. The molecule has 7 heteroatoms. The van der Waals surface area contributed by atoms with E-state index in [4.69, 9.17) is 0 Å². The second-order valence-electron chi connectivity index (χ2n) is 4.40. The predicted molar refractivity (Wildman–Crippen MR) is 77.1 cm³/mol. The number of hydrogen-bond acceptors (Lipinski definition) is 4. The molecule has 102 valence electrons. The molecular formula is C13H13N5OS. The van der Waals surface area contributed by atoms with Crippen LogP contribution in [-0.2, 0) is 7.05 Å². The molecule has 2 heterocycles. The van der Waals surface area contributed by atoms with Crippen LogP contribution in [0.2, 0.25) is 0 Å². The highest BCUT2D eigenvalue weighted by Crippen LogP contribution is 2.14. The van der Waals surface area contributed by atoms with Gasteiger partial charge in [-0.15, -0.1) is 5.10 Å². The van der Waals surface area contributed by atoms with Crippen molar-refractivity contribution in [1.29, 1.82) is 0 Å². The zero-order chi connectivity index (χ0) is 14.1. The van der Waals surface area contributed by atoms with E-state index in [-0.39, 0.29) is 5.91 Å². The van der Waals surface area contributed by atoms with Gasteiger partial charge in [0.05, 0.1) is 10.2 Å². The van der Waals surface area contributed by atoms with Gasteiger partial charge in [0.2, 0.25) is 4.80 Å². The molecule has 20 heavy (non-hydrogen) atoms. The third kappa shape index (κ3) is 2.23. The van der Waals surface area contributed by atoms with Crippen molar-refractivity contribution in [2.45, 2.75) is 6.92 Å². The quantitative estimate of drug-likeness (QED) is 0.701. The minimum atomic E-state index is -0.327. The van der Waals surface area contributed by atoms with Crippen LogP contribution in [0.5, 0.6) is 0 Å². The molecule has 0 radical (unpaired) electrons. The normalized spacial score (nSPS) is 12.0. The smallest absolute Gasteiger partial charge is 0.291 e. The van der Waals surface area contributed by atoms with Crippen LogP contribution in [0.4, 0.5) is 0 Å². The molecule has 3 rings (SSSR count). The zero-order valence-corrected chi connectivity index (χ0v) is 11.9. The molecule has 1 aromatic carbocycles. The van der Waals surface area contributed by atoms with Crippen LogP contribution in [0.25, 0.3) is 10.2 Å². The fourth-order valence-electron chi connectivity index (χ4n) is 1.88. The average molecular weight is 287 g/mol. The zero-order valence-electron chi connectivity index (χ0n) is 11.0. The maximum atomic E-state index is 11.9. The Morgan fingerprint density at radius 2 is 2.25 bits per heavy atom. The summed E-state index contributed by atoms with van der Waals surface area (Å²) in [5.41, 5.74) is 4.77. The number of H-pyrrole nitrogens is 1. The Kier molecular flexibility index (Phi) is 3.11. The SMILES string of the molecule is Cc1cc(C(=O)N/N=c2/sc3ccccc3n2C)n[nH]1. The molecule has 2 aromatic heterocycles. The van der Waals surface area contributed by atoms with Gasteiger partial charge in [0.25, 0.3) is 5.91 Å². The van der Waals surface area contributed by atoms with Crippen molar-refractivity contribution in [3.8, 4) is 0 Å². The number of para-hydroxylation sites is 1. The van der Waals surface area contributed by atoms with Gasteiger partial charge in [-0.25, -0.2) is 5.43 Å². The fourth-order valence-corrected chi connectivity index (χ4v) is 2.86. The van der Waals surface area contributed by atoms with Crippen LogP contribution in [0.15, 0.2) is 35.4 Å². The van der Waals surface area contributed by atoms with Crippen LogP contribution in [0.1, 0.15) is 16.2 Å². The topological polar surface area (TPSA) is 75.1 Å². The molecular weight excluding hydrogens is 274 g/mol. The molecule has 0 aliphatic carbocycles. The number of aromatic nitrogens is 3. The highest BCUT2D eigenvalue weighted by molar-refractivity contribution is 7.16. The van der Waals surface area contributed by atoms with Gasteiger partial charge < -0.3 is 4.57 Å². The van der Waals surface area contributed by atoms with Crippen LogP contribution in [-0.4, -0.2) is 20.7 Å². The molecule has 0 saturated carbocycles. The lowest BCUT2D eigenvalue weighted by Gasteiger charge is -1.95. The number of fused-ring (bicyclic) bond motifs is 1. The van der Waals surface area contributed by atoms with E-state index in [1.165, 1.54) is 11.3 Å². The summed E-state index contributed by atoms with van der Waals surface area (Å²) < 4.78 is 3.06. The van der Waals surface area contributed by atoms with E-state index in [0.717, 1.165) is 20.7 Å². The number of carbonyl (C=O) groups excluding carboxylic acids is 1. The van der Waals surface area contributed by atoms with Crippen molar-refractivity contribution in [2.24, 2.45) is 12.1 Å². The summed E-state index contributed by atoms with van der Waals surface area (Å²) in [7, 11) is 1.92. The number of amides is 1. The van der Waals surface area contributed by atoms with Crippen molar-refractivity contribution in [2.75, 3.05) is 0 Å². The number of benzene rings is 1. The first-order valence-electron chi connectivity index (χ1n) is 6.06. The molecule has 0 aliphatic rings. The monoisotopic (exact) mass is 287 g/mol. The van der Waals surface area contributed by atoms with E-state index in [2.05, 4.69) is 20.7 Å². The molecule has 6 nitrogen and oxygen atoms in total. The van der Waals surface area contributed by atoms with Crippen LogP contribution in [0, 0.1) is 6.92 Å². The summed E-state index contributed by atoms with van der Waals surface area (Å²) in [6.45, 7) is 1.84. The first-order chi connectivity index (χ1) is 9.65. The second-order valence-corrected chi connectivity index (χ2v) is 5.41. The molecule has 0 spiro atoms. The van der Waals surface area contributed by atoms with Gasteiger partial charge in [-0.3, -0.25) is 9.89 Å². The first-order valence-corrected chi connectivity index (χ1v) is 6.87. The molecule has 2 N–H and O–H groups in total. The second kappa shape index (κ2) is 4.93. The number of aromatic amines is 1. The summed E-state index contributed by atoms with van der Waals surface area (Å²) in [5, 5.41) is 10.8. The fraction of sp³-hybridized carbons (Fsp3) is 0.154. The van der Waals surface area contributed by atoms with E-state index in [9.17, 15) is 4.79 Å². The van der Waals surface area contributed by atoms with Gasteiger partial charge in [-0.1, -0.05) is 23.5 Å². The third-order valence-electron chi connectivity index (χ3n) is 2.91. The number of carbonyl (C=O) groups is 1. The molecule has 0 atom stereocenters. The Hall–Kier alpha value is -2.41. The third-order valence-corrected chi connectivity index (χ3v) is 4.02. The highest BCUT2D eigenvalue weighted by Gasteiger charge is 2.08. The molecule has 1 amide bonds. The number of nitrogens with zero attached hydrogens (tertiary/aromatic N) is 3. The predicted octanol–water partition coefficient (Wildman–Crippen LogP) is 1.52. The molecule has 0 unspecified atom stereocenters. The van der Waals surface area contributed by atoms with Gasteiger partial charge in [0.15, 0.2) is 5.69 Å². The molecule has 0 fully saturated rings. The molecule has 0 saturated heterocycles. The van der Waals surface area contributed by atoms with Gasteiger partial charge >= 0.3 is 0 Å². The summed E-state index contributed by atoms with van der Waals surface area (Å²) >= 11 is 1.52. The minimum absolute atomic E-state index is 0.327. The number of hydrogen-bond donors (Lipinski definition) is 2. The Labute approximate surface area is 118 Å². The van der Waals surface area contributed by atoms with Crippen molar-refractivity contribution in [3.63, 3.8) is 0 Å². The Balaban J connectivity index is 1.91. The largest absolute Gasteiger partial charge is 0.318 e. The Bertz CT molecular complexity index is 842. The molecule has 0 aliphatic heterocycles. The van der Waals surface area contributed by atoms with Gasteiger partial charge in [0.1, 0.15) is 0 Å². The van der Waals surface area contributed by atoms with Crippen LogP contribution >= 0.6 is 11.3 Å². The number of thiazole rings is 1. The van der Waals surface area contributed by atoms with Gasteiger partial charge in [-0.05, 0) is 25.1 Å². The van der Waals surface area contributed by atoms with Crippen molar-refractivity contribution in [3.05, 3.63) is 46.5 Å². The van der Waals surface area contributed by atoms with E-state index in [0.29, 0.717) is 5.69 Å². The Morgan fingerprint density at radius 1 is 1.45 bits per heavy atom. The highest BCUT2D eigenvalue weighted by atomic mass is 32.1. The standard InChI is InChI=1S/C13H13N5OS/c1-8-7-9(15-14-8)12(19)16-17-13-18(2)10-5-3-4-6-11(10)20-13/h3-7H,1-2H3,(H,14,15)(H,16,19)/b17-13+. The summed E-state index contributed by atoms with van der Waals surface area (Å²) in [4.78, 5) is 12.6. The van der Waals surface area contributed by atoms with E-state index in [1.807, 2.05) is 42.8 Å². The van der Waals surface area contributed by atoms with Crippen molar-refractivity contribution < 1.29 is 4.79 Å². The summed E-state index contributed by atoms with van der Waals surface area (Å²) in [6.07, 6.45) is 0. The van der Waals surface area contributed by atoms with Crippen LogP contribution in [0.3, 0.4) is 0 Å². The lowest BCUT2D eigenvalue weighted by atomic mass is 10.3. The van der Waals surface area contributed by atoms with E-state index < -0.39 is 0 Å². The van der Waals surface area contributed by atoms with Gasteiger partial charge in [0, 0.05) is 12.7 Å². The Morgan fingerprint density at radius 3 is 2.95 bits per heavy atom. The number of rotatable bonds is 2. The minimum Gasteiger partial charge on any atom is -0.318 e. The first kappa shape index (κ1) is 12.6. The lowest BCUT2D eigenvalue weighted by Crippen LogP contribution is -2.23. The van der Waals surface area contributed by atoms with Gasteiger partial charge in [-0.2, -0.15) is 5.10 Å². The maximum Gasteiger partial charge on any atom is 0.291 e. The molecule has 0 bridgehead atoms.